The van der Waals surface area contributed by atoms with Crippen LogP contribution in [0.5, 0.6) is 0 Å². The Bertz CT molecular complexity index is 1170. The second-order valence-corrected chi connectivity index (χ2v) is 9.12. The molecule has 0 aliphatic carbocycles. The zero-order valence-electron chi connectivity index (χ0n) is 16.7. The van der Waals surface area contributed by atoms with E-state index < -0.39 is 5.91 Å². The maximum Gasteiger partial charge on any atom is 0.277 e. The van der Waals surface area contributed by atoms with Gasteiger partial charge in [-0.1, -0.05) is 23.2 Å². The lowest BCUT2D eigenvalue weighted by molar-refractivity contribution is 0.0828. The minimum Gasteiger partial charge on any atom is -0.345 e. The first-order valence-corrected chi connectivity index (χ1v) is 11.4. The minimum absolute atomic E-state index is 0.222. The van der Waals surface area contributed by atoms with Crippen molar-refractivity contribution in [3.05, 3.63) is 66.9 Å². The van der Waals surface area contributed by atoms with Crippen molar-refractivity contribution >= 4 is 72.6 Å². The molecule has 0 aliphatic heterocycles. The van der Waals surface area contributed by atoms with E-state index in [2.05, 4.69) is 41.9 Å². The molecule has 31 heavy (non-hydrogen) atoms. The first kappa shape index (κ1) is 23.7. The van der Waals surface area contributed by atoms with Crippen LogP contribution in [0.3, 0.4) is 0 Å². The summed E-state index contributed by atoms with van der Waals surface area (Å²) in [5.41, 5.74) is 0.923. The quantitative estimate of drug-likeness (QED) is 0.396. The lowest BCUT2D eigenvalue weighted by Gasteiger charge is -2.26. The van der Waals surface area contributed by atoms with Crippen LogP contribution in [0.2, 0.25) is 10.0 Å². The molecule has 0 N–H and O–H groups in total. The summed E-state index contributed by atoms with van der Waals surface area (Å²) in [6.45, 7) is 2.10. The number of anilines is 1. The lowest BCUT2D eigenvalue weighted by Crippen LogP contribution is -2.35. The fourth-order valence-electron chi connectivity index (χ4n) is 2.98. The fourth-order valence-corrected chi connectivity index (χ4v) is 4.59. The van der Waals surface area contributed by atoms with E-state index in [-0.39, 0.29) is 18.1 Å². The molecular formula is C20H17Br2Cl2N5O2. The van der Waals surface area contributed by atoms with E-state index in [0.29, 0.717) is 36.2 Å². The van der Waals surface area contributed by atoms with Gasteiger partial charge >= 0.3 is 0 Å². The summed E-state index contributed by atoms with van der Waals surface area (Å²) in [5.74, 6) is -0.362. The molecule has 7 nitrogen and oxygen atoms in total. The Balaban J connectivity index is 2.18. The zero-order chi connectivity index (χ0) is 22.9. The SMILES string of the molecule is CCN(C(=O)c1cc(Br)nn1-c1ncccc1Cl)c1c(Br)cc(Cl)cc1C(=O)N(C)C. The number of amides is 2. The van der Waals surface area contributed by atoms with E-state index in [1.54, 1.807) is 50.6 Å². The van der Waals surface area contributed by atoms with Crippen molar-refractivity contribution in [1.82, 2.24) is 19.7 Å². The Kier molecular flexibility index (Phi) is 7.41. The number of hydrogen-bond donors (Lipinski definition) is 0. The van der Waals surface area contributed by atoms with E-state index in [4.69, 9.17) is 23.2 Å². The van der Waals surface area contributed by atoms with E-state index in [1.165, 1.54) is 14.5 Å². The third-order valence-electron chi connectivity index (χ3n) is 4.33. The third kappa shape index (κ3) is 4.79. The van der Waals surface area contributed by atoms with Gasteiger partial charge in [0.1, 0.15) is 10.3 Å². The van der Waals surface area contributed by atoms with Crippen LogP contribution in [0.15, 0.2) is 45.6 Å². The van der Waals surface area contributed by atoms with Crippen molar-refractivity contribution in [2.45, 2.75) is 6.92 Å². The monoisotopic (exact) mass is 587 g/mol. The van der Waals surface area contributed by atoms with Gasteiger partial charge in [-0.3, -0.25) is 9.59 Å². The molecular weight excluding hydrogens is 573 g/mol. The van der Waals surface area contributed by atoms with Gasteiger partial charge in [0.25, 0.3) is 11.8 Å². The lowest BCUT2D eigenvalue weighted by atomic mass is 10.1. The number of carbonyl (C=O) groups excluding carboxylic acids is 2. The Hall–Kier alpha value is -1.94. The zero-order valence-corrected chi connectivity index (χ0v) is 21.4. The molecule has 2 amide bonds. The largest absolute Gasteiger partial charge is 0.345 e. The van der Waals surface area contributed by atoms with Crippen LogP contribution >= 0.6 is 55.1 Å². The number of hydrogen-bond acceptors (Lipinski definition) is 4. The molecule has 0 unspecified atom stereocenters. The summed E-state index contributed by atoms with van der Waals surface area (Å²) in [6.07, 6.45) is 1.56. The Morgan fingerprint density at radius 1 is 1.13 bits per heavy atom. The fraction of sp³-hybridized carbons (Fsp3) is 0.200. The molecule has 0 radical (unpaired) electrons. The Labute approximate surface area is 206 Å². The molecule has 0 atom stereocenters. The predicted octanol–water partition coefficient (Wildman–Crippen LogP) is 5.47. The van der Waals surface area contributed by atoms with Gasteiger partial charge < -0.3 is 9.80 Å². The van der Waals surface area contributed by atoms with Gasteiger partial charge in [0.2, 0.25) is 0 Å². The highest BCUT2D eigenvalue weighted by Gasteiger charge is 2.29. The molecule has 0 saturated carbocycles. The Morgan fingerprint density at radius 3 is 2.45 bits per heavy atom. The maximum absolute atomic E-state index is 13.7. The van der Waals surface area contributed by atoms with Crippen molar-refractivity contribution in [2.75, 3.05) is 25.5 Å². The molecule has 3 aromatic rings. The number of aromatic nitrogens is 3. The third-order valence-corrected chi connectivity index (χ3v) is 5.84. The van der Waals surface area contributed by atoms with Crippen LogP contribution < -0.4 is 4.90 Å². The molecule has 2 heterocycles. The summed E-state index contributed by atoms with van der Waals surface area (Å²) in [5, 5.41) is 5.04. The highest BCUT2D eigenvalue weighted by atomic mass is 79.9. The highest BCUT2D eigenvalue weighted by molar-refractivity contribution is 9.10. The minimum atomic E-state index is -0.391. The summed E-state index contributed by atoms with van der Waals surface area (Å²) >= 11 is 19.3. The number of nitrogens with zero attached hydrogens (tertiary/aromatic N) is 5. The first-order chi connectivity index (χ1) is 14.6. The van der Waals surface area contributed by atoms with Crippen molar-refractivity contribution in [2.24, 2.45) is 0 Å². The van der Waals surface area contributed by atoms with Gasteiger partial charge in [-0.05, 0) is 63.0 Å². The second-order valence-electron chi connectivity index (χ2n) is 6.61. The molecule has 3 rings (SSSR count). The van der Waals surface area contributed by atoms with Gasteiger partial charge in [-0.25, -0.2) is 9.67 Å². The first-order valence-electron chi connectivity index (χ1n) is 9.04. The number of carbonyl (C=O) groups is 2. The van der Waals surface area contributed by atoms with Crippen LogP contribution in [0.4, 0.5) is 5.69 Å². The second kappa shape index (κ2) is 9.68. The standard InChI is InChI=1S/C20H17Br2Cl2N5O2/c1-4-28(17-12(19(30)27(2)3)8-11(23)9-13(17)21)20(31)15-10-16(22)26-29(15)18-14(24)6-5-7-25-18/h5-10H,4H2,1-3H3. The van der Waals surface area contributed by atoms with Crippen molar-refractivity contribution in [3.8, 4) is 5.82 Å². The van der Waals surface area contributed by atoms with Crippen LogP contribution in [0.25, 0.3) is 5.82 Å². The molecule has 1 aromatic carbocycles. The van der Waals surface area contributed by atoms with E-state index >= 15 is 0 Å². The molecule has 162 valence electrons. The molecule has 0 aliphatic rings. The van der Waals surface area contributed by atoms with Crippen LogP contribution in [0.1, 0.15) is 27.8 Å². The number of benzene rings is 1. The van der Waals surface area contributed by atoms with Crippen molar-refractivity contribution in [3.63, 3.8) is 0 Å². The summed E-state index contributed by atoms with van der Waals surface area (Å²) < 4.78 is 2.32. The topological polar surface area (TPSA) is 71.3 Å². The van der Waals surface area contributed by atoms with E-state index in [0.717, 1.165) is 0 Å². The van der Waals surface area contributed by atoms with Gasteiger partial charge in [0.15, 0.2) is 5.82 Å². The summed E-state index contributed by atoms with van der Waals surface area (Å²) in [4.78, 5) is 33.7. The van der Waals surface area contributed by atoms with Gasteiger partial charge in [0.05, 0.1) is 16.3 Å². The molecule has 0 spiro atoms. The highest BCUT2D eigenvalue weighted by Crippen LogP contribution is 2.35. The smallest absolute Gasteiger partial charge is 0.277 e. The Morgan fingerprint density at radius 2 is 1.84 bits per heavy atom. The average Bonchev–Trinajstić information content (AvgIpc) is 3.10. The van der Waals surface area contributed by atoms with Crippen LogP contribution in [-0.2, 0) is 0 Å². The van der Waals surface area contributed by atoms with E-state index in [9.17, 15) is 9.59 Å². The van der Waals surface area contributed by atoms with E-state index in [1.807, 2.05) is 6.92 Å². The molecule has 11 heteroatoms. The predicted molar refractivity (Wildman–Crippen MR) is 129 cm³/mol. The van der Waals surface area contributed by atoms with Gasteiger partial charge in [-0.15, -0.1) is 0 Å². The number of halogens is 4. The summed E-state index contributed by atoms with van der Waals surface area (Å²) in [7, 11) is 3.27. The molecule has 0 bridgehead atoms. The van der Waals surface area contributed by atoms with Gasteiger partial charge in [0, 0.05) is 42.4 Å². The normalized spacial score (nSPS) is 10.8. The molecule has 0 fully saturated rings. The average molecular weight is 590 g/mol. The number of pyridine rings is 1. The van der Waals surface area contributed by atoms with Crippen LogP contribution in [0, 0.1) is 0 Å². The van der Waals surface area contributed by atoms with Gasteiger partial charge in [-0.2, -0.15) is 5.10 Å². The van der Waals surface area contributed by atoms with Crippen LogP contribution in [-0.4, -0.2) is 52.1 Å². The van der Waals surface area contributed by atoms with Crippen molar-refractivity contribution < 1.29 is 9.59 Å². The number of rotatable bonds is 5. The molecule has 2 aromatic heterocycles. The van der Waals surface area contributed by atoms with Crippen molar-refractivity contribution in [1.29, 1.82) is 0 Å². The summed E-state index contributed by atoms with van der Waals surface area (Å²) in [6, 6.07) is 8.11. The molecule has 0 saturated heterocycles. The maximum atomic E-state index is 13.7.